The first-order valence-electron chi connectivity index (χ1n) is 3.05. The van der Waals surface area contributed by atoms with Gasteiger partial charge < -0.3 is 0 Å². The lowest BCUT2D eigenvalue weighted by Gasteiger charge is -1.84. The lowest BCUT2D eigenvalue weighted by Crippen LogP contribution is -1.72. The second-order valence-corrected chi connectivity index (χ2v) is 1.81. The summed E-state index contributed by atoms with van der Waals surface area (Å²) >= 11 is 0. The van der Waals surface area contributed by atoms with Crippen LogP contribution in [0.3, 0.4) is 0 Å². The smallest absolute Gasteiger partial charge is 0.143 e. The van der Waals surface area contributed by atoms with Gasteiger partial charge in [-0.1, -0.05) is 30.0 Å². The average molecular weight is 131 g/mol. The van der Waals surface area contributed by atoms with Crippen LogP contribution in [-0.4, -0.2) is 6.61 Å². The van der Waals surface area contributed by atoms with E-state index in [-0.39, 0.29) is 6.61 Å². The molecule has 0 unspecified atom stereocenters. The van der Waals surface area contributed by atoms with Crippen molar-refractivity contribution in [2.45, 2.75) is 0 Å². The fourth-order valence-electron chi connectivity index (χ4n) is 0.660. The van der Waals surface area contributed by atoms with E-state index in [9.17, 15) is 5.11 Å². The van der Waals surface area contributed by atoms with Gasteiger partial charge in [0, 0.05) is 5.56 Å². The topological polar surface area (TPSA) is 19.9 Å². The van der Waals surface area contributed by atoms with E-state index in [1.54, 1.807) is 0 Å². The number of rotatable bonds is 0. The zero-order chi connectivity index (χ0) is 7.23. The summed E-state index contributed by atoms with van der Waals surface area (Å²) in [6.07, 6.45) is 0. The van der Waals surface area contributed by atoms with Crippen LogP contribution >= 0.6 is 0 Å². The van der Waals surface area contributed by atoms with E-state index in [0.29, 0.717) is 0 Å². The van der Waals surface area contributed by atoms with Crippen molar-refractivity contribution in [1.82, 2.24) is 0 Å². The van der Waals surface area contributed by atoms with Crippen LogP contribution in [0.25, 0.3) is 0 Å². The second kappa shape index (κ2) is 3.71. The molecule has 1 aromatic rings. The molecule has 0 aliphatic rings. The Hall–Kier alpha value is -1.26. The average Bonchev–Trinajstić information content (AvgIpc) is 2.03. The Labute approximate surface area is 60.3 Å². The van der Waals surface area contributed by atoms with Crippen molar-refractivity contribution in [1.29, 1.82) is 0 Å². The van der Waals surface area contributed by atoms with Crippen LogP contribution in [-0.2, 0) is 5.11 Å². The molecule has 1 aromatic carbocycles. The van der Waals surface area contributed by atoms with Crippen molar-refractivity contribution in [3.8, 4) is 11.8 Å². The van der Waals surface area contributed by atoms with Crippen molar-refractivity contribution in [3.05, 3.63) is 35.9 Å². The largest absolute Gasteiger partial charge is 0.223 e. The minimum Gasteiger partial charge on any atom is -0.223 e. The summed E-state index contributed by atoms with van der Waals surface area (Å²) in [6, 6.07) is 9.47. The molecule has 1 heteroatoms. The maximum atomic E-state index is 9.93. The van der Waals surface area contributed by atoms with Crippen molar-refractivity contribution >= 4 is 0 Å². The third kappa shape index (κ3) is 1.93. The van der Waals surface area contributed by atoms with E-state index in [1.807, 2.05) is 30.3 Å². The molecule has 1 nitrogen and oxygen atoms in total. The molecule has 0 N–H and O–H groups in total. The van der Waals surface area contributed by atoms with E-state index >= 15 is 0 Å². The third-order valence-corrected chi connectivity index (χ3v) is 1.08. The SMILES string of the molecule is [O]CC#Cc1ccccc1. The van der Waals surface area contributed by atoms with Crippen LogP contribution in [0.4, 0.5) is 0 Å². The highest BCUT2D eigenvalue weighted by molar-refractivity contribution is 5.33. The quantitative estimate of drug-likeness (QED) is 0.475. The second-order valence-electron chi connectivity index (χ2n) is 1.81. The lowest BCUT2D eigenvalue weighted by molar-refractivity contribution is 0.239. The fraction of sp³-hybridized carbons (Fsp3) is 0.111. The zero-order valence-electron chi connectivity index (χ0n) is 5.50. The molecule has 49 valence electrons. The molecule has 0 aromatic heterocycles. The molecular weight excluding hydrogens is 124 g/mol. The monoisotopic (exact) mass is 131 g/mol. The lowest BCUT2D eigenvalue weighted by atomic mass is 10.2. The van der Waals surface area contributed by atoms with Crippen LogP contribution < -0.4 is 0 Å². The molecule has 0 heterocycles. The molecule has 1 radical (unpaired) electrons. The van der Waals surface area contributed by atoms with Crippen molar-refractivity contribution in [3.63, 3.8) is 0 Å². The summed E-state index contributed by atoms with van der Waals surface area (Å²) < 4.78 is 0. The Morgan fingerprint density at radius 3 is 2.50 bits per heavy atom. The zero-order valence-corrected chi connectivity index (χ0v) is 5.50. The first-order valence-corrected chi connectivity index (χ1v) is 3.05. The van der Waals surface area contributed by atoms with E-state index in [1.165, 1.54) is 0 Å². The molecule has 0 fully saturated rings. The minimum absolute atomic E-state index is 0.325. The van der Waals surface area contributed by atoms with Gasteiger partial charge in [-0.15, -0.1) is 0 Å². The molecule has 10 heavy (non-hydrogen) atoms. The molecule has 0 spiro atoms. The standard InChI is InChI=1S/C9H7O/c10-8-4-7-9-5-2-1-3-6-9/h1-3,5-6H,8H2. The van der Waals surface area contributed by atoms with Gasteiger partial charge in [0.1, 0.15) is 6.61 Å². The van der Waals surface area contributed by atoms with Gasteiger partial charge in [-0.2, -0.15) is 0 Å². The van der Waals surface area contributed by atoms with E-state index in [4.69, 9.17) is 0 Å². The number of hydrogen-bond acceptors (Lipinski definition) is 0. The highest BCUT2D eigenvalue weighted by atomic mass is 16.2. The predicted molar refractivity (Wildman–Crippen MR) is 38.9 cm³/mol. The normalized spacial score (nSPS) is 8.10. The summed E-state index contributed by atoms with van der Waals surface area (Å²) in [5, 5.41) is 9.93. The molecular formula is C9H7O. The van der Waals surface area contributed by atoms with E-state index in [0.717, 1.165) is 5.56 Å². The predicted octanol–water partition coefficient (Wildman–Crippen LogP) is 1.47. The Morgan fingerprint density at radius 2 is 1.90 bits per heavy atom. The summed E-state index contributed by atoms with van der Waals surface area (Å²) in [5.74, 6) is 5.19. The first kappa shape index (κ1) is 6.85. The Morgan fingerprint density at radius 1 is 1.20 bits per heavy atom. The molecule has 0 aliphatic carbocycles. The maximum absolute atomic E-state index is 9.93. The third-order valence-electron chi connectivity index (χ3n) is 1.08. The molecule has 0 aliphatic heterocycles. The van der Waals surface area contributed by atoms with Gasteiger partial charge in [0.2, 0.25) is 0 Å². The van der Waals surface area contributed by atoms with Gasteiger partial charge in [-0.3, -0.25) is 0 Å². The minimum atomic E-state index is -0.325. The summed E-state index contributed by atoms with van der Waals surface area (Å²) in [7, 11) is 0. The summed E-state index contributed by atoms with van der Waals surface area (Å²) in [5.41, 5.74) is 0.901. The fourth-order valence-corrected chi connectivity index (χ4v) is 0.660. The van der Waals surface area contributed by atoms with E-state index in [2.05, 4.69) is 11.8 Å². The number of benzene rings is 1. The van der Waals surface area contributed by atoms with Gasteiger partial charge in [0.25, 0.3) is 0 Å². The van der Waals surface area contributed by atoms with Gasteiger partial charge in [0.15, 0.2) is 0 Å². The Balaban J connectivity index is 2.76. The van der Waals surface area contributed by atoms with Crippen LogP contribution in [0.5, 0.6) is 0 Å². The van der Waals surface area contributed by atoms with Crippen LogP contribution in [0.15, 0.2) is 30.3 Å². The van der Waals surface area contributed by atoms with Crippen molar-refractivity contribution < 1.29 is 5.11 Å². The highest BCUT2D eigenvalue weighted by Crippen LogP contribution is 1.93. The summed E-state index contributed by atoms with van der Waals surface area (Å²) in [4.78, 5) is 0. The van der Waals surface area contributed by atoms with Crippen LogP contribution in [0.1, 0.15) is 5.56 Å². The van der Waals surface area contributed by atoms with Crippen molar-refractivity contribution in [2.75, 3.05) is 6.61 Å². The molecule has 0 saturated carbocycles. The Bertz CT molecular complexity index is 240. The van der Waals surface area contributed by atoms with Crippen LogP contribution in [0.2, 0.25) is 0 Å². The summed E-state index contributed by atoms with van der Waals surface area (Å²) in [6.45, 7) is -0.325. The molecule has 0 saturated heterocycles. The van der Waals surface area contributed by atoms with Gasteiger partial charge >= 0.3 is 0 Å². The van der Waals surface area contributed by atoms with Gasteiger partial charge in [-0.05, 0) is 12.1 Å². The molecule has 0 bridgehead atoms. The maximum Gasteiger partial charge on any atom is 0.143 e. The van der Waals surface area contributed by atoms with Crippen LogP contribution in [0, 0.1) is 11.8 Å². The molecule has 0 atom stereocenters. The molecule has 1 rings (SSSR count). The number of hydrogen-bond donors (Lipinski definition) is 0. The Kier molecular flexibility index (Phi) is 2.54. The highest BCUT2D eigenvalue weighted by Gasteiger charge is 1.78. The molecule has 0 amide bonds. The van der Waals surface area contributed by atoms with E-state index < -0.39 is 0 Å². The van der Waals surface area contributed by atoms with Gasteiger partial charge in [-0.25, -0.2) is 5.11 Å². The van der Waals surface area contributed by atoms with Crippen molar-refractivity contribution in [2.24, 2.45) is 0 Å². The first-order chi connectivity index (χ1) is 4.93. The van der Waals surface area contributed by atoms with Gasteiger partial charge in [0.05, 0.1) is 0 Å².